The largest absolute Gasteiger partial charge is 0.497 e. The van der Waals surface area contributed by atoms with E-state index >= 15 is 0 Å². The number of fused-ring (bicyclic) bond motifs is 1. The molecule has 0 saturated heterocycles. The molecular weight excluding hydrogens is 420 g/mol. The Morgan fingerprint density at radius 1 is 1.21 bits per heavy atom. The van der Waals surface area contributed by atoms with Gasteiger partial charge >= 0.3 is 0 Å². The molecule has 0 heterocycles. The van der Waals surface area contributed by atoms with Crippen LogP contribution in [0.2, 0.25) is 0 Å². The molecule has 2 aromatic rings. The molecule has 0 radical (unpaired) electrons. The number of aliphatic imine (C=N–C) groups is 1. The zero-order valence-electron chi connectivity index (χ0n) is 13.5. The molecule has 0 aromatic heterocycles. The van der Waals surface area contributed by atoms with Crippen LogP contribution in [0.15, 0.2) is 41.4 Å². The first kappa shape index (κ1) is 18.5. The van der Waals surface area contributed by atoms with Crippen molar-refractivity contribution < 1.29 is 9.13 Å². The van der Waals surface area contributed by atoms with Crippen LogP contribution in [0.5, 0.6) is 5.75 Å². The number of aryl methyl sites for hydroxylation is 2. The van der Waals surface area contributed by atoms with Gasteiger partial charge in [-0.2, -0.15) is 0 Å². The van der Waals surface area contributed by atoms with Gasteiger partial charge in [-0.15, -0.1) is 24.0 Å². The first-order valence-electron chi connectivity index (χ1n) is 7.67. The van der Waals surface area contributed by atoms with E-state index in [4.69, 9.17) is 10.5 Å². The summed E-state index contributed by atoms with van der Waals surface area (Å²) in [5.74, 6) is 0.413. The van der Waals surface area contributed by atoms with Crippen molar-refractivity contribution in [3.8, 4) is 5.75 Å². The van der Waals surface area contributed by atoms with Crippen LogP contribution >= 0.6 is 24.0 Å². The third-order valence-corrected chi connectivity index (χ3v) is 4.05. The normalized spacial score (nSPS) is 13.2. The van der Waals surface area contributed by atoms with Gasteiger partial charge in [0.15, 0.2) is 5.96 Å². The number of nitrogens with two attached hydrogens (primary N) is 1. The predicted molar refractivity (Wildman–Crippen MR) is 106 cm³/mol. The minimum absolute atomic E-state index is 0. The van der Waals surface area contributed by atoms with E-state index in [0.717, 1.165) is 18.5 Å². The summed E-state index contributed by atoms with van der Waals surface area (Å²) < 4.78 is 18.8. The van der Waals surface area contributed by atoms with Gasteiger partial charge in [-0.3, -0.25) is 0 Å². The summed E-state index contributed by atoms with van der Waals surface area (Å²) in [6.07, 6.45) is 3.47. The number of nitrogens with zero attached hydrogens (tertiary/aromatic N) is 1. The molecule has 0 atom stereocenters. The van der Waals surface area contributed by atoms with Crippen molar-refractivity contribution in [2.45, 2.75) is 25.8 Å². The van der Waals surface area contributed by atoms with Crippen LogP contribution in [-0.2, 0) is 19.4 Å². The van der Waals surface area contributed by atoms with Crippen LogP contribution in [0.3, 0.4) is 0 Å². The molecule has 3 N–H and O–H groups in total. The van der Waals surface area contributed by atoms with Crippen LogP contribution in [0.4, 0.5) is 10.1 Å². The van der Waals surface area contributed by atoms with Crippen molar-refractivity contribution >= 4 is 35.6 Å². The van der Waals surface area contributed by atoms with Crippen LogP contribution in [0.25, 0.3) is 0 Å². The lowest BCUT2D eigenvalue weighted by atomic mass is 10.1. The molecule has 2 aromatic carbocycles. The van der Waals surface area contributed by atoms with Gasteiger partial charge in [0, 0.05) is 17.3 Å². The van der Waals surface area contributed by atoms with Gasteiger partial charge in [-0.1, -0.05) is 12.1 Å². The summed E-state index contributed by atoms with van der Waals surface area (Å²) in [6.45, 7) is 0.180. The number of methoxy groups -OCH3 is 1. The number of anilines is 1. The highest BCUT2D eigenvalue weighted by Gasteiger charge is 2.11. The van der Waals surface area contributed by atoms with Gasteiger partial charge in [0.1, 0.15) is 11.6 Å². The number of guanidine groups is 1. The van der Waals surface area contributed by atoms with E-state index in [2.05, 4.69) is 22.4 Å². The van der Waals surface area contributed by atoms with Gasteiger partial charge in [-0.05, 0) is 48.6 Å². The number of hydrogen-bond acceptors (Lipinski definition) is 2. The monoisotopic (exact) mass is 441 g/mol. The highest BCUT2D eigenvalue weighted by Crippen LogP contribution is 2.24. The number of hydrogen-bond donors (Lipinski definition) is 2. The molecule has 128 valence electrons. The number of rotatable bonds is 4. The van der Waals surface area contributed by atoms with E-state index < -0.39 is 0 Å². The van der Waals surface area contributed by atoms with Crippen molar-refractivity contribution in [2.24, 2.45) is 10.7 Å². The lowest BCUT2D eigenvalue weighted by Crippen LogP contribution is -2.22. The standard InChI is InChI=1S/C18H20FN3O.HI/c1-23-16-8-6-14(17(19)10-16)11-21-18(20)22-15-7-5-12-3-2-4-13(12)9-15;/h5-10H,2-4,11H2,1H3,(H3,20,21,22);1H. The van der Waals surface area contributed by atoms with E-state index in [1.165, 1.54) is 30.7 Å². The Hall–Kier alpha value is -1.83. The second-order valence-corrected chi connectivity index (χ2v) is 5.62. The molecule has 0 fully saturated rings. The number of halogens is 2. The van der Waals surface area contributed by atoms with E-state index in [1.807, 2.05) is 6.07 Å². The molecule has 6 heteroatoms. The Morgan fingerprint density at radius 2 is 2.00 bits per heavy atom. The molecule has 0 aliphatic heterocycles. The summed E-state index contributed by atoms with van der Waals surface area (Å²) in [4.78, 5) is 4.20. The van der Waals surface area contributed by atoms with Crippen LogP contribution in [-0.4, -0.2) is 13.1 Å². The lowest BCUT2D eigenvalue weighted by molar-refractivity contribution is 0.410. The van der Waals surface area contributed by atoms with E-state index in [9.17, 15) is 4.39 Å². The fourth-order valence-corrected chi connectivity index (χ4v) is 2.79. The summed E-state index contributed by atoms with van der Waals surface area (Å²) >= 11 is 0. The van der Waals surface area contributed by atoms with Gasteiger partial charge in [0.25, 0.3) is 0 Å². The van der Waals surface area contributed by atoms with Crippen LogP contribution in [0.1, 0.15) is 23.1 Å². The molecule has 1 aliphatic carbocycles. The van der Waals surface area contributed by atoms with E-state index in [-0.39, 0.29) is 42.3 Å². The average molecular weight is 441 g/mol. The maximum absolute atomic E-state index is 13.9. The summed E-state index contributed by atoms with van der Waals surface area (Å²) in [5, 5.41) is 3.06. The third-order valence-electron chi connectivity index (χ3n) is 4.05. The van der Waals surface area contributed by atoms with Crippen LogP contribution in [0, 0.1) is 5.82 Å². The molecular formula is C18H21FIN3O. The fraction of sp³-hybridized carbons (Fsp3) is 0.278. The average Bonchev–Trinajstić information content (AvgIpc) is 3.01. The van der Waals surface area contributed by atoms with Gasteiger partial charge in [0.2, 0.25) is 0 Å². The van der Waals surface area contributed by atoms with Crippen molar-refractivity contribution in [1.29, 1.82) is 0 Å². The molecule has 3 rings (SSSR count). The second kappa shape index (κ2) is 8.32. The quantitative estimate of drug-likeness (QED) is 0.431. The topological polar surface area (TPSA) is 59.6 Å². The van der Waals surface area contributed by atoms with Gasteiger partial charge in [0.05, 0.1) is 13.7 Å². The third kappa shape index (κ3) is 4.37. The Kier molecular flexibility index (Phi) is 6.42. The Labute approximate surface area is 158 Å². The van der Waals surface area contributed by atoms with Crippen molar-refractivity contribution in [3.05, 3.63) is 58.9 Å². The molecule has 4 nitrogen and oxygen atoms in total. The van der Waals surface area contributed by atoms with Gasteiger partial charge < -0.3 is 15.8 Å². The van der Waals surface area contributed by atoms with Gasteiger partial charge in [-0.25, -0.2) is 9.38 Å². The van der Waals surface area contributed by atoms with Crippen molar-refractivity contribution in [2.75, 3.05) is 12.4 Å². The minimum atomic E-state index is -0.349. The molecule has 0 saturated carbocycles. The number of benzene rings is 2. The van der Waals surface area contributed by atoms with E-state index in [0.29, 0.717) is 11.3 Å². The van der Waals surface area contributed by atoms with Crippen LogP contribution < -0.4 is 15.8 Å². The second-order valence-electron chi connectivity index (χ2n) is 5.62. The zero-order valence-corrected chi connectivity index (χ0v) is 15.8. The summed E-state index contributed by atoms with van der Waals surface area (Å²) in [6, 6.07) is 10.9. The lowest BCUT2D eigenvalue weighted by Gasteiger charge is -2.08. The SMILES string of the molecule is COc1ccc(CN=C(N)Nc2ccc3c(c2)CCC3)c(F)c1.I. The Bertz CT molecular complexity index is 749. The molecule has 1 aliphatic rings. The smallest absolute Gasteiger partial charge is 0.193 e. The molecule has 0 spiro atoms. The molecule has 0 bridgehead atoms. The fourth-order valence-electron chi connectivity index (χ4n) is 2.79. The molecule has 0 unspecified atom stereocenters. The van der Waals surface area contributed by atoms with Crippen molar-refractivity contribution in [1.82, 2.24) is 0 Å². The Balaban J connectivity index is 0.00000208. The number of nitrogens with one attached hydrogen (secondary N) is 1. The molecule has 24 heavy (non-hydrogen) atoms. The Morgan fingerprint density at radius 3 is 2.75 bits per heavy atom. The number of ether oxygens (including phenoxy) is 1. The highest BCUT2D eigenvalue weighted by molar-refractivity contribution is 14.0. The highest BCUT2D eigenvalue weighted by atomic mass is 127. The van der Waals surface area contributed by atoms with E-state index in [1.54, 1.807) is 12.1 Å². The predicted octanol–water partition coefficient (Wildman–Crippen LogP) is 3.87. The summed E-state index contributed by atoms with van der Waals surface area (Å²) in [5.41, 5.74) is 10.1. The summed E-state index contributed by atoms with van der Waals surface area (Å²) in [7, 11) is 1.51. The zero-order chi connectivity index (χ0) is 16.2. The first-order valence-corrected chi connectivity index (χ1v) is 7.67. The maximum Gasteiger partial charge on any atom is 0.193 e. The molecule has 0 amide bonds. The minimum Gasteiger partial charge on any atom is -0.497 e. The first-order chi connectivity index (χ1) is 11.2. The van der Waals surface area contributed by atoms with Crippen molar-refractivity contribution in [3.63, 3.8) is 0 Å². The maximum atomic E-state index is 13.9.